The fourth-order valence-corrected chi connectivity index (χ4v) is 3.34. The van der Waals surface area contributed by atoms with Gasteiger partial charge in [-0.05, 0) is 43.7 Å². The van der Waals surface area contributed by atoms with Crippen molar-refractivity contribution in [2.24, 2.45) is 0 Å². The van der Waals surface area contributed by atoms with Gasteiger partial charge in [-0.15, -0.1) is 0 Å². The average molecular weight is 422 g/mol. The van der Waals surface area contributed by atoms with E-state index in [1.54, 1.807) is 6.92 Å². The van der Waals surface area contributed by atoms with Crippen LogP contribution in [0.5, 0.6) is 17.2 Å². The van der Waals surface area contributed by atoms with Gasteiger partial charge in [-0.25, -0.2) is 0 Å². The maximum atomic E-state index is 12.9. The molecule has 0 radical (unpaired) electrons. The molecule has 0 saturated carbocycles. The number of halogens is 3. The number of anilines is 1. The first-order valence-electron chi connectivity index (χ1n) is 9.36. The minimum absolute atomic E-state index is 0.00539. The predicted octanol–water partition coefficient (Wildman–Crippen LogP) is 4.46. The van der Waals surface area contributed by atoms with Crippen molar-refractivity contribution in [3.05, 3.63) is 48.0 Å². The van der Waals surface area contributed by atoms with Crippen LogP contribution in [-0.4, -0.2) is 36.4 Å². The van der Waals surface area contributed by atoms with Crippen molar-refractivity contribution in [2.75, 3.05) is 19.0 Å². The normalized spacial score (nSPS) is 16.5. The topological polar surface area (TPSA) is 67.9 Å². The Labute approximate surface area is 171 Å². The Balaban J connectivity index is 1.81. The monoisotopic (exact) mass is 422 g/mol. The first-order chi connectivity index (χ1) is 14.2. The summed E-state index contributed by atoms with van der Waals surface area (Å²) >= 11 is 0. The van der Waals surface area contributed by atoms with E-state index in [2.05, 4.69) is 5.32 Å². The minimum atomic E-state index is -4.48. The van der Waals surface area contributed by atoms with Gasteiger partial charge in [0.15, 0.2) is 0 Å². The SMILES string of the molecule is CCN1C(=O)CCC1C(=O)Nc1cc(Oc2cccc(C(F)(F)F)c2)ccc1OC. The summed E-state index contributed by atoms with van der Waals surface area (Å²) in [4.78, 5) is 26.1. The lowest BCUT2D eigenvalue weighted by Crippen LogP contribution is -2.41. The Kier molecular flexibility index (Phi) is 6.19. The lowest BCUT2D eigenvalue weighted by atomic mass is 10.2. The third-order valence-electron chi connectivity index (χ3n) is 4.80. The molecule has 0 aromatic heterocycles. The van der Waals surface area contributed by atoms with Gasteiger partial charge in [0, 0.05) is 19.0 Å². The molecule has 6 nitrogen and oxygen atoms in total. The number of likely N-dealkylation sites (tertiary alicyclic amines) is 1. The molecule has 1 atom stereocenters. The van der Waals surface area contributed by atoms with Gasteiger partial charge in [-0.2, -0.15) is 13.2 Å². The largest absolute Gasteiger partial charge is 0.495 e. The van der Waals surface area contributed by atoms with Gasteiger partial charge in [0.25, 0.3) is 0 Å². The molecule has 160 valence electrons. The highest BCUT2D eigenvalue weighted by molar-refractivity contribution is 6.00. The molecule has 2 amide bonds. The van der Waals surface area contributed by atoms with Gasteiger partial charge >= 0.3 is 6.18 Å². The molecule has 1 unspecified atom stereocenters. The molecule has 1 fully saturated rings. The number of hydrogen-bond acceptors (Lipinski definition) is 4. The Morgan fingerprint density at radius 1 is 1.20 bits per heavy atom. The van der Waals surface area contributed by atoms with Crippen LogP contribution in [0, 0.1) is 0 Å². The molecule has 2 aromatic carbocycles. The lowest BCUT2D eigenvalue weighted by molar-refractivity contribution is -0.137. The first-order valence-corrected chi connectivity index (χ1v) is 9.36. The fourth-order valence-electron chi connectivity index (χ4n) is 3.34. The number of nitrogens with one attached hydrogen (secondary N) is 1. The number of carbonyl (C=O) groups excluding carboxylic acids is 2. The summed E-state index contributed by atoms with van der Waals surface area (Å²) in [6.45, 7) is 2.22. The van der Waals surface area contributed by atoms with Crippen LogP contribution in [0.15, 0.2) is 42.5 Å². The molecule has 0 aliphatic carbocycles. The molecular weight excluding hydrogens is 401 g/mol. The number of rotatable bonds is 6. The maximum Gasteiger partial charge on any atom is 0.416 e. The number of ether oxygens (including phenoxy) is 2. The first kappa shape index (κ1) is 21.5. The smallest absolute Gasteiger partial charge is 0.416 e. The molecule has 1 N–H and O–H groups in total. The van der Waals surface area contributed by atoms with Gasteiger partial charge in [-0.3, -0.25) is 9.59 Å². The molecule has 30 heavy (non-hydrogen) atoms. The van der Waals surface area contributed by atoms with Crippen molar-refractivity contribution in [2.45, 2.75) is 32.0 Å². The van der Waals surface area contributed by atoms with Crippen LogP contribution in [0.2, 0.25) is 0 Å². The quantitative estimate of drug-likeness (QED) is 0.747. The summed E-state index contributed by atoms with van der Waals surface area (Å²) in [5, 5.41) is 2.73. The number of hydrogen-bond donors (Lipinski definition) is 1. The number of likely N-dealkylation sites (N-methyl/N-ethyl adjacent to an activating group) is 1. The van der Waals surface area contributed by atoms with Crippen molar-refractivity contribution in [1.82, 2.24) is 4.90 Å². The molecular formula is C21H21F3N2O4. The van der Waals surface area contributed by atoms with E-state index in [4.69, 9.17) is 9.47 Å². The predicted molar refractivity (Wildman–Crippen MR) is 104 cm³/mol. The van der Waals surface area contributed by atoms with E-state index in [1.807, 2.05) is 0 Å². The second-order valence-corrected chi connectivity index (χ2v) is 6.71. The van der Waals surface area contributed by atoms with Gasteiger partial charge in [0.05, 0.1) is 18.4 Å². The van der Waals surface area contributed by atoms with Crippen LogP contribution < -0.4 is 14.8 Å². The Hall–Kier alpha value is -3.23. The van der Waals surface area contributed by atoms with E-state index in [0.29, 0.717) is 30.8 Å². The third-order valence-corrected chi connectivity index (χ3v) is 4.80. The highest BCUT2D eigenvalue weighted by atomic mass is 19.4. The van der Waals surface area contributed by atoms with Crippen LogP contribution >= 0.6 is 0 Å². The second kappa shape index (κ2) is 8.64. The van der Waals surface area contributed by atoms with Crippen LogP contribution in [0.1, 0.15) is 25.3 Å². The van der Waals surface area contributed by atoms with Gasteiger partial charge in [-0.1, -0.05) is 6.07 Å². The Morgan fingerprint density at radius 3 is 2.60 bits per heavy atom. The van der Waals surface area contributed by atoms with Crippen molar-refractivity contribution in [3.63, 3.8) is 0 Å². The van der Waals surface area contributed by atoms with E-state index in [-0.39, 0.29) is 23.3 Å². The number of benzene rings is 2. The number of amides is 2. The Bertz CT molecular complexity index is 946. The number of methoxy groups -OCH3 is 1. The number of nitrogens with zero attached hydrogens (tertiary/aromatic N) is 1. The van der Waals surface area contributed by atoms with Gasteiger partial charge in [0.2, 0.25) is 11.8 Å². The van der Waals surface area contributed by atoms with Crippen molar-refractivity contribution < 1.29 is 32.2 Å². The highest BCUT2D eigenvalue weighted by Crippen LogP contribution is 2.35. The zero-order valence-electron chi connectivity index (χ0n) is 16.5. The lowest BCUT2D eigenvalue weighted by Gasteiger charge is -2.23. The molecule has 1 saturated heterocycles. The molecule has 1 aliphatic heterocycles. The summed E-state index contributed by atoms with van der Waals surface area (Å²) < 4.78 is 49.5. The van der Waals surface area contributed by atoms with Crippen molar-refractivity contribution in [1.29, 1.82) is 0 Å². The summed E-state index contributed by atoms with van der Waals surface area (Å²) in [7, 11) is 1.43. The molecule has 0 bridgehead atoms. The van der Waals surface area contributed by atoms with Crippen molar-refractivity contribution >= 4 is 17.5 Å². The fraction of sp³-hybridized carbons (Fsp3) is 0.333. The van der Waals surface area contributed by atoms with Crippen LogP contribution in [0.3, 0.4) is 0 Å². The Morgan fingerprint density at radius 2 is 1.93 bits per heavy atom. The molecule has 0 spiro atoms. The van der Waals surface area contributed by atoms with E-state index in [1.165, 1.54) is 42.3 Å². The highest BCUT2D eigenvalue weighted by Gasteiger charge is 2.35. The van der Waals surface area contributed by atoms with E-state index in [9.17, 15) is 22.8 Å². The number of alkyl halides is 3. The summed E-state index contributed by atoms with van der Waals surface area (Å²) in [6, 6.07) is 8.44. The summed E-state index contributed by atoms with van der Waals surface area (Å²) in [5.74, 6) is 0.140. The zero-order valence-corrected chi connectivity index (χ0v) is 16.5. The molecule has 1 aliphatic rings. The second-order valence-electron chi connectivity index (χ2n) is 6.71. The third kappa shape index (κ3) is 4.67. The minimum Gasteiger partial charge on any atom is -0.495 e. The summed E-state index contributed by atoms with van der Waals surface area (Å²) in [5.41, 5.74) is -0.532. The standard InChI is InChI=1S/C21H21F3N2O4/c1-3-26-17(8-10-19(26)27)20(28)25-16-12-15(7-9-18(16)29-2)30-14-6-4-5-13(11-14)21(22,23)24/h4-7,9,11-12,17H,3,8,10H2,1-2H3,(H,25,28). The zero-order chi connectivity index (χ0) is 21.9. The van der Waals surface area contributed by atoms with Crippen LogP contribution in [0.4, 0.5) is 18.9 Å². The summed E-state index contributed by atoms with van der Waals surface area (Å²) in [6.07, 6.45) is -3.76. The van der Waals surface area contributed by atoms with E-state index < -0.39 is 17.8 Å². The van der Waals surface area contributed by atoms with E-state index >= 15 is 0 Å². The van der Waals surface area contributed by atoms with Crippen molar-refractivity contribution in [3.8, 4) is 17.2 Å². The average Bonchev–Trinajstić information content (AvgIpc) is 3.08. The van der Waals surface area contributed by atoms with Crippen LogP contribution in [0.25, 0.3) is 0 Å². The molecule has 2 aromatic rings. The van der Waals surface area contributed by atoms with Gasteiger partial charge < -0.3 is 19.7 Å². The van der Waals surface area contributed by atoms with Crippen LogP contribution in [-0.2, 0) is 15.8 Å². The van der Waals surface area contributed by atoms with Gasteiger partial charge in [0.1, 0.15) is 23.3 Å². The molecule has 3 rings (SSSR count). The van der Waals surface area contributed by atoms with E-state index in [0.717, 1.165) is 12.1 Å². The molecule has 9 heteroatoms. The number of carbonyl (C=O) groups is 2. The molecule has 1 heterocycles. The maximum absolute atomic E-state index is 12.9.